The normalized spacial score (nSPS) is 12.2. The van der Waals surface area contributed by atoms with Gasteiger partial charge in [-0.25, -0.2) is 4.98 Å². The molecule has 0 unspecified atom stereocenters. The summed E-state index contributed by atoms with van der Waals surface area (Å²) in [6, 6.07) is 8.11. The number of aromatic nitrogens is 1. The second-order valence-corrected chi connectivity index (χ2v) is 5.67. The average Bonchev–Trinajstić information content (AvgIpc) is 2.57. The molecule has 0 saturated heterocycles. The van der Waals surface area contributed by atoms with Crippen molar-refractivity contribution in [3.8, 4) is 0 Å². The number of hydrogen-bond acceptors (Lipinski definition) is 4. The highest BCUT2D eigenvalue weighted by molar-refractivity contribution is 7.18. The first-order chi connectivity index (χ1) is 7.54. The van der Waals surface area contributed by atoms with Gasteiger partial charge in [-0.05, 0) is 26.0 Å². The predicted octanol–water partition coefficient (Wildman–Crippen LogP) is 2.55. The van der Waals surface area contributed by atoms with E-state index in [0.717, 1.165) is 10.5 Å². The number of fused-ring (bicyclic) bond motifs is 1. The molecular weight excluding hydrogens is 220 g/mol. The molecule has 2 N–H and O–H groups in total. The number of hydrogen-bond donors (Lipinski definition) is 1. The molecule has 0 saturated carbocycles. The van der Waals surface area contributed by atoms with Crippen molar-refractivity contribution in [2.24, 2.45) is 5.73 Å². The summed E-state index contributed by atoms with van der Waals surface area (Å²) in [6.07, 6.45) is 0. The smallest absolute Gasteiger partial charge is 0.120 e. The first-order valence-corrected chi connectivity index (χ1v) is 6.07. The molecule has 0 aliphatic rings. The van der Waals surface area contributed by atoms with Crippen LogP contribution in [0.15, 0.2) is 24.3 Å². The summed E-state index contributed by atoms with van der Waals surface area (Å²) in [5.41, 5.74) is 6.59. The maximum absolute atomic E-state index is 5.83. The molecule has 0 aliphatic heterocycles. The molecule has 0 aliphatic carbocycles. The van der Waals surface area contributed by atoms with E-state index < -0.39 is 0 Å². The van der Waals surface area contributed by atoms with Crippen LogP contribution in [0.5, 0.6) is 0 Å². The van der Waals surface area contributed by atoms with Crippen LogP contribution >= 0.6 is 11.3 Å². The molecular formula is C12H16N2OS. The fourth-order valence-electron chi connectivity index (χ4n) is 1.38. The van der Waals surface area contributed by atoms with Crippen molar-refractivity contribution in [2.75, 3.05) is 6.61 Å². The first kappa shape index (κ1) is 11.5. The Morgan fingerprint density at radius 1 is 1.38 bits per heavy atom. The highest BCUT2D eigenvalue weighted by Crippen LogP contribution is 2.22. The molecule has 1 heterocycles. The van der Waals surface area contributed by atoms with E-state index in [0.29, 0.717) is 13.2 Å². The monoisotopic (exact) mass is 236 g/mol. The molecule has 0 spiro atoms. The Kier molecular flexibility index (Phi) is 3.23. The van der Waals surface area contributed by atoms with Gasteiger partial charge >= 0.3 is 0 Å². The lowest BCUT2D eigenvalue weighted by Crippen LogP contribution is -2.37. The van der Waals surface area contributed by atoms with Gasteiger partial charge in [0.25, 0.3) is 0 Å². The Morgan fingerprint density at radius 2 is 2.12 bits per heavy atom. The zero-order valence-electron chi connectivity index (χ0n) is 9.56. The molecule has 3 nitrogen and oxygen atoms in total. The van der Waals surface area contributed by atoms with Crippen LogP contribution in [0.3, 0.4) is 0 Å². The summed E-state index contributed by atoms with van der Waals surface area (Å²) in [6.45, 7) is 4.99. The molecule has 1 aromatic heterocycles. The van der Waals surface area contributed by atoms with Crippen LogP contribution in [0.1, 0.15) is 18.9 Å². The van der Waals surface area contributed by atoms with Gasteiger partial charge in [0.05, 0.1) is 23.4 Å². The topological polar surface area (TPSA) is 48.1 Å². The second kappa shape index (κ2) is 4.49. The number of nitrogens with zero attached hydrogens (tertiary/aromatic N) is 1. The van der Waals surface area contributed by atoms with E-state index in [1.54, 1.807) is 11.3 Å². The van der Waals surface area contributed by atoms with Gasteiger partial charge in [0.1, 0.15) is 5.01 Å². The van der Waals surface area contributed by atoms with Gasteiger partial charge in [-0.3, -0.25) is 0 Å². The van der Waals surface area contributed by atoms with Crippen molar-refractivity contribution >= 4 is 21.6 Å². The van der Waals surface area contributed by atoms with Crippen LogP contribution in [0.2, 0.25) is 0 Å². The Bertz CT molecular complexity index is 440. The third-order valence-electron chi connectivity index (χ3n) is 2.04. The van der Waals surface area contributed by atoms with Crippen LogP contribution in [-0.2, 0) is 11.3 Å². The molecule has 2 aromatic rings. The lowest BCUT2D eigenvalue weighted by atomic mass is 10.1. The predicted molar refractivity (Wildman–Crippen MR) is 67.5 cm³/mol. The van der Waals surface area contributed by atoms with Crippen LogP contribution in [0, 0.1) is 0 Å². The first-order valence-electron chi connectivity index (χ1n) is 5.26. The number of ether oxygens (including phenoxy) is 1. The summed E-state index contributed by atoms with van der Waals surface area (Å²) in [5, 5.41) is 1.01. The van der Waals surface area contributed by atoms with E-state index in [4.69, 9.17) is 10.5 Å². The molecule has 2 rings (SSSR count). The highest BCUT2D eigenvalue weighted by atomic mass is 32.1. The number of nitrogens with two attached hydrogens (primary N) is 1. The lowest BCUT2D eigenvalue weighted by Gasteiger charge is -2.17. The third-order valence-corrected chi connectivity index (χ3v) is 3.05. The Morgan fingerprint density at radius 3 is 2.81 bits per heavy atom. The van der Waals surface area contributed by atoms with E-state index in [9.17, 15) is 0 Å². The van der Waals surface area contributed by atoms with E-state index in [-0.39, 0.29) is 5.54 Å². The van der Waals surface area contributed by atoms with Crippen molar-refractivity contribution in [1.29, 1.82) is 0 Å². The van der Waals surface area contributed by atoms with Crippen molar-refractivity contribution in [3.63, 3.8) is 0 Å². The van der Waals surface area contributed by atoms with Gasteiger partial charge in [0.15, 0.2) is 0 Å². The van der Waals surface area contributed by atoms with Crippen molar-refractivity contribution < 1.29 is 4.74 Å². The molecule has 16 heavy (non-hydrogen) atoms. The van der Waals surface area contributed by atoms with Gasteiger partial charge in [0.2, 0.25) is 0 Å². The molecule has 0 bridgehead atoms. The van der Waals surface area contributed by atoms with Crippen molar-refractivity contribution in [1.82, 2.24) is 4.98 Å². The fourth-order valence-corrected chi connectivity index (χ4v) is 2.29. The SMILES string of the molecule is CC(C)(N)COCc1nc2ccccc2s1. The van der Waals surface area contributed by atoms with Crippen LogP contribution in [0.4, 0.5) is 0 Å². The van der Waals surface area contributed by atoms with E-state index >= 15 is 0 Å². The number of rotatable bonds is 4. The number of benzene rings is 1. The quantitative estimate of drug-likeness (QED) is 0.887. The van der Waals surface area contributed by atoms with Gasteiger partial charge in [0, 0.05) is 5.54 Å². The maximum Gasteiger partial charge on any atom is 0.120 e. The van der Waals surface area contributed by atoms with Gasteiger partial charge in [-0.2, -0.15) is 0 Å². The zero-order valence-corrected chi connectivity index (χ0v) is 10.4. The Labute approximate surface area is 99.3 Å². The Balaban J connectivity index is 2.00. The fraction of sp³-hybridized carbons (Fsp3) is 0.417. The van der Waals surface area contributed by atoms with Crippen LogP contribution < -0.4 is 5.73 Å². The van der Waals surface area contributed by atoms with Crippen molar-refractivity contribution in [3.05, 3.63) is 29.3 Å². The van der Waals surface area contributed by atoms with Crippen molar-refractivity contribution in [2.45, 2.75) is 26.0 Å². The standard InChI is InChI=1S/C12H16N2OS/c1-12(2,13)8-15-7-11-14-9-5-3-4-6-10(9)16-11/h3-6H,7-8,13H2,1-2H3. The zero-order chi connectivity index (χ0) is 11.6. The molecule has 86 valence electrons. The van der Waals surface area contributed by atoms with Gasteiger partial charge < -0.3 is 10.5 Å². The third kappa shape index (κ3) is 3.01. The molecule has 0 amide bonds. The summed E-state index contributed by atoms with van der Waals surface area (Å²) in [4.78, 5) is 4.48. The summed E-state index contributed by atoms with van der Waals surface area (Å²) in [7, 11) is 0. The molecule has 4 heteroatoms. The summed E-state index contributed by atoms with van der Waals surface area (Å²) in [5.74, 6) is 0. The van der Waals surface area contributed by atoms with E-state index in [1.165, 1.54) is 4.70 Å². The Hall–Kier alpha value is -0.970. The highest BCUT2D eigenvalue weighted by Gasteiger charge is 2.11. The molecule has 1 aromatic carbocycles. The van der Waals surface area contributed by atoms with Crippen LogP contribution in [0.25, 0.3) is 10.2 Å². The minimum Gasteiger partial charge on any atom is -0.372 e. The molecule has 0 atom stereocenters. The molecule has 0 radical (unpaired) electrons. The number of para-hydroxylation sites is 1. The lowest BCUT2D eigenvalue weighted by molar-refractivity contribution is 0.0850. The molecule has 0 fully saturated rings. The number of thiazole rings is 1. The largest absolute Gasteiger partial charge is 0.372 e. The minimum absolute atomic E-state index is 0.281. The van der Waals surface area contributed by atoms with Gasteiger partial charge in [-0.1, -0.05) is 12.1 Å². The maximum atomic E-state index is 5.83. The van der Waals surface area contributed by atoms with Crippen LogP contribution in [-0.4, -0.2) is 17.1 Å². The van der Waals surface area contributed by atoms with Gasteiger partial charge in [-0.15, -0.1) is 11.3 Å². The summed E-state index contributed by atoms with van der Waals surface area (Å²) >= 11 is 1.67. The summed E-state index contributed by atoms with van der Waals surface area (Å²) < 4.78 is 6.74. The second-order valence-electron chi connectivity index (χ2n) is 4.56. The van der Waals surface area contributed by atoms with E-state index in [2.05, 4.69) is 11.1 Å². The van der Waals surface area contributed by atoms with E-state index in [1.807, 2.05) is 32.0 Å². The minimum atomic E-state index is -0.281. The average molecular weight is 236 g/mol.